The van der Waals surface area contributed by atoms with E-state index >= 15 is 0 Å². The van der Waals surface area contributed by atoms with Crippen LogP contribution < -0.4 is 14.8 Å². The number of phenols is 1. The van der Waals surface area contributed by atoms with Crippen molar-refractivity contribution in [3.8, 4) is 34.5 Å². The van der Waals surface area contributed by atoms with Gasteiger partial charge >= 0.3 is 0 Å². The van der Waals surface area contributed by atoms with Gasteiger partial charge in [0.1, 0.15) is 30.6 Å². The summed E-state index contributed by atoms with van der Waals surface area (Å²) in [6, 6.07) is 13.2. The molecule has 1 aliphatic heterocycles. The summed E-state index contributed by atoms with van der Waals surface area (Å²) in [7, 11) is 0. The molecule has 1 fully saturated rings. The van der Waals surface area contributed by atoms with E-state index in [0.717, 1.165) is 35.2 Å². The molecule has 168 valence electrons. The van der Waals surface area contributed by atoms with Crippen molar-refractivity contribution in [1.29, 1.82) is 0 Å². The average Bonchev–Trinajstić information content (AvgIpc) is 3.23. The van der Waals surface area contributed by atoms with Gasteiger partial charge in [0, 0.05) is 23.9 Å². The largest absolute Gasteiger partial charge is 0.508 e. The molecule has 8 nitrogen and oxygen atoms in total. The number of anilines is 1. The number of hydrogen-bond acceptors (Lipinski definition) is 7. The third kappa shape index (κ3) is 3.82. The van der Waals surface area contributed by atoms with Crippen LogP contribution in [0.2, 0.25) is 0 Å². The fourth-order valence-electron chi connectivity index (χ4n) is 4.64. The minimum atomic E-state index is 0.173. The molecule has 33 heavy (non-hydrogen) atoms. The Morgan fingerprint density at radius 2 is 1.76 bits per heavy atom. The van der Waals surface area contributed by atoms with Gasteiger partial charge in [0.05, 0.1) is 11.0 Å². The quantitative estimate of drug-likeness (QED) is 0.472. The first kappa shape index (κ1) is 19.8. The Balaban J connectivity index is 1.46. The molecule has 2 aliphatic rings. The van der Waals surface area contributed by atoms with Crippen LogP contribution in [0, 0.1) is 0 Å². The molecule has 6 rings (SSSR count). The summed E-state index contributed by atoms with van der Waals surface area (Å²) >= 11 is 0. The van der Waals surface area contributed by atoms with Crippen molar-refractivity contribution in [3.05, 3.63) is 48.7 Å². The number of aromatic nitrogens is 4. The molecule has 0 spiro atoms. The molecule has 4 aromatic rings. The molecule has 0 amide bonds. The van der Waals surface area contributed by atoms with Crippen molar-refractivity contribution in [1.82, 2.24) is 19.5 Å². The number of ether oxygens (including phenoxy) is 2. The molecule has 2 aromatic heterocycles. The maximum Gasteiger partial charge on any atom is 0.224 e. The number of nitrogens with one attached hydrogen (secondary N) is 1. The van der Waals surface area contributed by atoms with E-state index in [9.17, 15) is 5.11 Å². The number of phenolic OH excluding ortho intramolecular Hbond substituents is 1. The van der Waals surface area contributed by atoms with Crippen LogP contribution in [0.5, 0.6) is 17.2 Å². The van der Waals surface area contributed by atoms with E-state index in [-0.39, 0.29) is 5.75 Å². The molecule has 8 heteroatoms. The first-order valence-corrected chi connectivity index (χ1v) is 11.5. The van der Waals surface area contributed by atoms with Gasteiger partial charge in [0.15, 0.2) is 11.5 Å². The molecule has 1 saturated carbocycles. The SMILES string of the molecule is Oc1ccc2nc(-c3ccc4c(c3)OCCO4)n(-c3ccnc(NC4CCCCC4)n3)c2c1. The van der Waals surface area contributed by atoms with E-state index in [1.807, 2.05) is 34.9 Å². The topological polar surface area (TPSA) is 94.3 Å². The fraction of sp³-hybridized carbons (Fsp3) is 0.320. The molecule has 0 bridgehead atoms. The van der Waals surface area contributed by atoms with E-state index < -0.39 is 0 Å². The van der Waals surface area contributed by atoms with Crippen molar-refractivity contribution < 1.29 is 14.6 Å². The molecule has 0 radical (unpaired) electrons. The van der Waals surface area contributed by atoms with E-state index in [0.29, 0.717) is 42.6 Å². The highest BCUT2D eigenvalue weighted by Crippen LogP contribution is 2.36. The minimum absolute atomic E-state index is 0.173. The van der Waals surface area contributed by atoms with E-state index in [1.165, 1.54) is 19.3 Å². The maximum absolute atomic E-state index is 10.2. The standard InChI is InChI=1S/C25H25N5O3/c31-18-7-8-19-20(15-18)30(23-10-11-26-25(29-23)27-17-4-2-1-3-5-17)24(28-19)16-6-9-21-22(14-16)33-13-12-32-21/h6-11,14-15,17,31H,1-5,12-13H2,(H,26,27,29). The Bertz CT molecular complexity index is 1310. The van der Waals surface area contributed by atoms with Crippen molar-refractivity contribution in [2.75, 3.05) is 18.5 Å². The molecular weight excluding hydrogens is 418 g/mol. The summed E-state index contributed by atoms with van der Waals surface area (Å²) in [5.74, 6) is 3.59. The number of rotatable bonds is 4. The van der Waals surface area contributed by atoms with Crippen LogP contribution in [-0.4, -0.2) is 43.9 Å². The highest BCUT2D eigenvalue weighted by Gasteiger charge is 2.20. The highest BCUT2D eigenvalue weighted by atomic mass is 16.6. The number of nitrogens with zero attached hydrogens (tertiary/aromatic N) is 4. The zero-order chi connectivity index (χ0) is 22.2. The highest BCUT2D eigenvalue weighted by molar-refractivity contribution is 5.84. The first-order chi connectivity index (χ1) is 16.2. The number of hydrogen-bond donors (Lipinski definition) is 2. The van der Waals surface area contributed by atoms with Crippen LogP contribution >= 0.6 is 0 Å². The molecule has 0 atom stereocenters. The predicted octanol–water partition coefficient (Wildman–Crippen LogP) is 4.70. The number of aromatic hydroxyl groups is 1. The summed E-state index contributed by atoms with van der Waals surface area (Å²) in [6.45, 7) is 1.06. The Hall–Kier alpha value is -3.81. The van der Waals surface area contributed by atoms with E-state index in [1.54, 1.807) is 18.3 Å². The summed E-state index contributed by atoms with van der Waals surface area (Å²) < 4.78 is 13.4. The van der Waals surface area contributed by atoms with Gasteiger partial charge in [-0.2, -0.15) is 4.98 Å². The zero-order valence-electron chi connectivity index (χ0n) is 18.2. The average molecular weight is 444 g/mol. The normalized spacial score (nSPS) is 16.1. The fourth-order valence-corrected chi connectivity index (χ4v) is 4.64. The molecular formula is C25H25N5O3. The van der Waals surface area contributed by atoms with Crippen LogP contribution in [0.3, 0.4) is 0 Å². The van der Waals surface area contributed by atoms with E-state index in [4.69, 9.17) is 19.4 Å². The molecule has 2 N–H and O–H groups in total. The van der Waals surface area contributed by atoms with Crippen molar-refractivity contribution in [2.45, 2.75) is 38.1 Å². The second kappa shape index (κ2) is 8.27. The summed E-state index contributed by atoms with van der Waals surface area (Å²) in [6.07, 6.45) is 7.79. The second-order valence-electron chi connectivity index (χ2n) is 8.52. The van der Waals surface area contributed by atoms with Gasteiger partial charge in [-0.15, -0.1) is 0 Å². The van der Waals surface area contributed by atoms with Crippen LogP contribution in [0.15, 0.2) is 48.7 Å². The Morgan fingerprint density at radius 3 is 2.64 bits per heavy atom. The lowest BCUT2D eigenvalue weighted by atomic mass is 9.96. The lowest BCUT2D eigenvalue weighted by molar-refractivity contribution is 0.171. The van der Waals surface area contributed by atoms with Crippen molar-refractivity contribution >= 4 is 17.0 Å². The Kier molecular flexibility index (Phi) is 4.97. The van der Waals surface area contributed by atoms with Crippen LogP contribution in [0.4, 0.5) is 5.95 Å². The number of benzene rings is 2. The van der Waals surface area contributed by atoms with Crippen LogP contribution in [0.25, 0.3) is 28.2 Å². The smallest absolute Gasteiger partial charge is 0.224 e. The van der Waals surface area contributed by atoms with Gasteiger partial charge in [-0.3, -0.25) is 4.57 Å². The van der Waals surface area contributed by atoms with E-state index in [2.05, 4.69) is 10.3 Å². The molecule has 3 heterocycles. The monoisotopic (exact) mass is 443 g/mol. The lowest BCUT2D eigenvalue weighted by Crippen LogP contribution is -2.23. The molecule has 0 unspecified atom stereocenters. The third-order valence-electron chi connectivity index (χ3n) is 6.25. The van der Waals surface area contributed by atoms with Crippen molar-refractivity contribution in [3.63, 3.8) is 0 Å². The summed E-state index contributed by atoms with van der Waals surface area (Å²) in [4.78, 5) is 14.2. The van der Waals surface area contributed by atoms with Gasteiger partial charge in [-0.25, -0.2) is 9.97 Å². The predicted molar refractivity (Wildman–Crippen MR) is 125 cm³/mol. The third-order valence-corrected chi connectivity index (χ3v) is 6.25. The zero-order valence-corrected chi connectivity index (χ0v) is 18.2. The van der Waals surface area contributed by atoms with Crippen LogP contribution in [0.1, 0.15) is 32.1 Å². The summed E-state index contributed by atoms with van der Waals surface area (Å²) in [5.41, 5.74) is 2.40. The number of fused-ring (bicyclic) bond motifs is 2. The van der Waals surface area contributed by atoms with Crippen molar-refractivity contribution in [2.24, 2.45) is 0 Å². The minimum Gasteiger partial charge on any atom is -0.508 e. The Labute approximate surface area is 191 Å². The van der Waals surface area contributed by atoms with Gasteiger partial charge < -0.3 is 19.9 Å². The number of imidazole rings is 1. The molecule has 1 aliphatic carbocycles. The van der Waals surface area contributed by atoms with Gasteiger partial charge in [-0.05, 0) is 49.2 Å². The molecule has 0 saturated heterocycles. The maximum atomic E-state index is 10.2. The first-order valence-electron chi connectivity index (χ1n) is 11.5. The van der Waals surface area contributed by atoms with Gasteiger partial charge in [-0.1, -0.05) is 19.3 Å². The lowest BCUT2D eigenvalue weighted by Gasteiger charge is -2.23. The Morgan fingerprint density at radius 1 is 0.909 bits per heavy atom. The van der Waals surface area contributed by atoms with Gasteiger partial charge in [0.2, 0.25) is 5.95 Å². The summed E-state index contributed by atoms with van der Waals surface area (Å²) in [5, 5.41) is 13.7. The molecule has 2 aromatic carbocycles. The van der Waals surface area contributed by atoms with Gasteiger partial charge in [0.25, 0.3) is 0 Å². The second-order valence-corrected chi connectivity index (χ2v) is 8.52. The van der Waals surface area contributed by atoms with Crippen LogP contribution in [-0.2, 0) is 0 Å².